The van der Waals surface area contributed by atoms with Crippen LogP contribution >= 0.6 is 12.2 Å². The molecule has 2 rings (SSSR count). The third-order valence-electron chi connectivity index (χ3n) is 3.80. The Morgan fingerprint density at radius 2 is 2.05 bits per heavy atom. The monoisotopic (exact) mass is 306 g/mol. The van der Waals surface area contributed by atoms with Crippen LogP contribution in [0.4, 0.5) is 0 Å². The number of hydrogen-bond acceptors (Lipinski definition) is 3. The van der Waals surface area contributed by atoms with E-state index in [-0.39, 0.29) is 5.91 Å². The number of carbonyl (C=O) groups is 1. The molecule has 0 aromatic heterocycles. The molecule has 1 aromatic rings. The fraction of sp³-hybridized carbons (Fsp3) is 0.500. The lowest BCUT2D eigenvalue weighted by Gasteiger charge is -2.34. The third kappa shape index (κ3) is 4.79. The first-order valence-corrected chi connectivity index (χ1v) is 7.76. The second kappa shape index (κ2) is 7.52. The first-order valence-electron chi connectivity index (χ1n) is 7.35. The number of ether oxygens (including phenoxy) is 1. The van der Waals surface area contributed by atoms with Crippen LogP contribution in [-0.4, -0.2) is 23.6 Å². The van der Waals surface area contributed by atoms with E-state index in [1.807, 2.05) is 31.2 Å². The minimum absolute atomic E-state index is 0.105. The standard InChI is InChI=1S/C16H22N2O2S/c1-2-20-14-7-12(8-14)9-15(19)18-10-11-3-5-13(6-4-11)16(17)21/h3-6,12,14H,2,7-10H2,1H3,(H2,17,21)(H,18,19). The molecular formula is C16H22N2O2S. The van der Waals surface area contributed by atoms with Crippen molar-refractivity contribution in [2.24, 2.45) is 11.7 Å². The Balaban J connectivity index is 1.68. The summed E-state index contributed by atoms with van der Waals surface area (Å²) in [7, 11) is 0. The van der Waals surface area contributed by atoms with Gasteiger partial charge in [0, 0.05) is 25.1 Å². The van der Waals surface area contributed by atoms with Crippen molar-refractivity contribution in [2.45, 2.75) is 38.8 Å². The lowest BCUT2D eigenvalue weighted by atomic mass is 9.80. The van der Waals surface area contributed by atoms with Crippen molar-refractivity contribution >= 4 is 23.1 Å². The van der Waals surface area contributed by atoms with Gasteiger partial charge in [0.05, 0.1) is 6.10 Å². The summed E-state index contributed by atoms with van der Waals surface area (Å²) in [5, 5.41) is 2.95. The molecule has 3 N–H and O–H groups in total. The van der Waals surface area contributed by atoms with Gasteiger partial charge in [-0.3, -0.25) is 4.79 Å². The topological polar surface area (TPSA) is 64.3 Å². The number of benzene rings is 1. The van der Waals surface area contributed by atoms with Gasteiger partial charge in [-0.25, -0.2) is 0 Å². The van der Waals surface area contributed by atoms with Gasteiger partial charge in [0.2, 0.25) is 5.91 Å². The Morgan fingerprint density at radius 1 is 1.38 bits per heavy atom. The van der Waals surface area contributed by atoms with Gasteiger partial charge in [-0.15, -0.1) is 0 Å². The van der Waals surface area contributed by atoms with Crippen LogP contribution < -0.4 is 11.1 Å². The molecule has 4 nitrogen and oxygen atoms in total. The number of carbonyl (C=O) groups excluding carboxylic acids is 1. The van der Waals surface area contributed by atoms with Crippen LogP contribution in [0.1, 0.15) is 37.3 Å². The Bertz CT molecular complexity index is 496. The first-order chi connectivity index (χ1) is 10.1. The van der Waals surface area contributed by atoms with Crippen LogP contribution in [0, 0.1) is 5.92 Å². The molecule has 0 radical (unpaired) electrons. The summed E-state index contributed by atoms with van der Waals surface area (Å²) in [6.45, 7) is 3.30. The van der Waals surface area contributed by atoms with E-state index in [0.717, 1.165) is 30.6 Å². The molecule has 0 aliphatic heterocycles. The molecule has 114 valence electrons. The number of rotatable bonds is 7. The molecule has 21 heavy (non-hydrogen) atoms. The zero-order valence-electron chi connectivity index (χ0n) is 12.3. The second-order valence-corrected chi connectivity index (χ2v) is 5.90. The van der Waals surface area contributed by atoms with Crippen molar-refractivity contribution in [1.29, 1.82) is 0 Å². The third-order valence-corrected chi connectivity index (χ3v) is 4.03. The van der Waals surface area contributed by atoms with Crippen LogP contribution in [0.5, 0.6) is 0 Å². The van der Waals surface area contributed by atoms with Gasteiger partial charge < -0.3 is 15.8 Å². The first kappa shape index (κ1) is 15.9. The van der Waals surface area contributed by atoms with Gasteiger partial charge in [0.1, 0.15) is 4.99 Å². The average Bonchev–Trinajstić information content (AvgIpc) is 2.43. The zero-order chi connectivity index (χ0) is 15.2. The molecule has 1 aliphatic rings. The van der Waals surface area contributed by atoms with Crippen molar-refractivity contribution in [1.82, 2.24) is 5.32 Å². The summed E-state index contributed by atoms with van der Waals surface area (Å²) < 4.78 is 5.50. The highest BCUT2D eigenvalue weighted by atomic mass is 32.1. The maximum atomic E-state index is 11.9. The number of thiocarbonyl (C=S) groups is 1. The average molecular weight is 306 g/mol. The quantitative estimate of drug-likeness (QED) is 0.758. The van der Waals surface area contributed by atoms with E-state index in [4.69, 9.17) is 22.7 Å². The van der Waals surface area contributed by atoms with E-state index in [2.05, 4.69) is 5.32 Å². The molecule has 0 atom stereocenters. The van der Waals surface area contributed by atoms with Gasteiger partial charge >= 0.3 is 0 Å². The van der Waals surface area contributed by atoms with Crippen LogP contribution in [0.25, 0.3) is 0 Å². The van der Waals surface area contributed by atoms with Gasteiger partial charge in [-0.2, -0.15) is 0 Å². The summed E-state index contributed by atoms with van der Waals surface area (Å²) in [6, 6.07) is 7.62. The highest BCUT2D eigenvalue weighted by Gasteiger charge is 2.30. The summed E-state index contributed by atoms with van der Waals surface area (Å²) in [6.07, 6.45) is 2.96. The van der Waals surface area contributed by atoms with Crippen LogP contribution in [0.3, 0.4) is 0 Å². The zero-order valence-corrected chi connectivity index (χ0v) is 13.1. The Kier molecular flexibility index (Phi) is 5.70. The van der Waals surface area contributed by atoms with E-state index in [1.165, 1.54) is 0 Å². The maximum Gasteiger partial charge on any atom is 0.220 e. The SMILES string of the molecule is CCOC1CC(CC(=O)NCc2ccc(C(N)=S)cc2)C1. The minimum atomic E-state index is 0.105. The molecule has 1 amide bonds. The fourth-order valence-electron chi connectivity index (χ4n) is 2.53. The summed E-state index contributed by atoms with van der Waals surface area (Å²) >= 11 is 4.90. The van der Waals surface area contributed by atoms with E-state index < -0.39 is 0 Å². The number of nitrogens with two attached hydrogens (primary N) is 1. The Labute approximate surface area is 131 Å². The Hall–Kier alpha value is -1.46. The van der Waals surface area contributed by atoms with Crippen molar-refractivity contribution in [3.63, 3.8) is 0 Å². The highest BCUT2D eigenvalue weighted by molar-refractivity contribution is 7.80. The molecule has 1 saturated carbocycles. The molecule has 5 heteroatoms. The number of hydrogen-bond donors (Lipinski definition) is 2. The van der Waals surface area contributed by atoms with Gasteiger partial charge in [-0.05, 0) is 31.2 Å². The smallest absolute Gasteiger partial charge is 0.220 e. The molecule has 0 heterocycles. The van der Waals surface area contributed by atoms with Gasteiger partial charge in [-0.1, -0.05) is 36.5 Å². The number of nitrogens with one attached hydrogen (secondary N) is 1. The molecule has 0 bridgehead atoms. The van der Waals surface area contributed by atoms with Gasteiger partial charge in [0.15, 0.2) is 0 Å². The van der Waals surface area contributed by atoms with Crippen molar-refractivity contribution < 1.29 is 9.53 Å². The molecule has 1 aromatic carbocycles. The van der Waals surface area contributed by atoms with Crippen LogP contribution in [-0.2, 0) is 16.1 Å². The molecule has 0 unspecified atom stereocenters. The van der Waals surface area contributed by atoms with Crippen LogP contribution in [0.15, 0.2) is 24.3 Å². The number of amides is 1. The van der Waals surface area contributed by atoms with E-state index in [1.54, 1.807) is 0 Å². The van der Waals surface area contributed by atoms with Crippen molar-refractivity contribution in [3.8, 4) is 0 Å². The molecule has 1 aliphatic carbocycles. The summed E-state index contributed by atoms with van der Waals surface area (Å²) in [5.74, 6) is 0.576. The molecule has 1 fully saturated rings. The lowest BCUT2D eigenvalue weighted by Crippen LogP contribution is -2.35. The molecule has 0 saturated heterocycles. The summed E-state index contributed by atoms with van der Waals surface area (Å²) in [4.78, 5) is 12.3. The Morgan fingerprint density at radius 3 is 2.62 bits per heavy atom. The summed E-state index contributed by atoms with van der Waals surface area (Å²) in [5.41, 5.74) is 7.44. The molecular weight excluding hydrogens is 284 g/mol. The van der Waals surface area contributed by atoms with Crippen LogP contribution in [0.2, 0.25) is 0 Å². The van der Waals surface area contributed by atoms with Crippen molar-refractivity contribution in [3.05, 3.63) is 35.4 Å². The second-order valence-electron chi connectivity index (χ2n) is 5.46. The van der Waals surface area contributed by atoms with E-state index >= 15 is 0 Å². The molecule has 0 spiro atoms. The fourth-order valence-corrected chi connectivity index (χ4v) is 2.67. The van der Waals surface area contributed by atoms with Gasteiger partial charge in [0.25, 0.3) is 0 Å². The van der Waals surface area contributed by atoms with E-state index in [9.17, 15) is 4.79 Å². The largest absolute Gasteiger partial charge is 0.389 e. The minimum Gasteiger partial charge on any atom is -0.389 e. The predicted octanol–water partition coefficient (Wildman–Crippen LogP) is 2.14. The predicted molar refractivity (Wildman–Crippen MR) is 86.9 cm³/mol. The van der Waals surface area contributed by atoms with Crippen molar-refractivity contribution in [2.75, 3.05) is 6.61 Å². The maximum absolute atomic E-state index is 11.9. The highest BCUT2D eigenvalue weighted by Crippen LogP contribution is 2.32. The van der Waals surface area contributed by atoms with E-state index in [0.29, 0.717) is 30.0 Å². The normalized spacial score (nSPS) is 20.6. The lowest BCUT2D eigenvalue weighted by molar-refractivity contribution is -0.124.